The highest BCUT2D eigenvalue weighted by Gasteiger charge is 2.23. The lowest BCUT2D eigenvalue weighted by atomic mass is 10.0. The van der Waals surface area contributed by atoms with Crippen molar-refractivity contribution in [2.75, 3.05) is 19.6 Å². The minimum absolute atomic E-state index is 0.0117. The molecular weight excluding hydrogens is 370 g/mol. The van der Waals surface area contributed by atoms with Crippen LogP contribution in [0.4, 0.5) is 0 Å². The second-order valence-corrected chi connectivity index (χ2v) is 7.80. The molecule has 0 spiro atoms. The van der Waals surface area contributed by atoms with E-state index in [-0.39, 0.29) is 11.6 Å². The van der Waals surface area contributed by atoms with E-state index in [2.05, 4.69) is 11.5 Å². The van der Waals surface area contributed by atoms with Crippen molar-refractivity contribution in [3.63, 3.8) is 0 Å². The van der Waals surface area contributed by atoms with Gasteiger partial charge >= 0.3 is 0 Å². The molecule has 0 saturated carbocycles. The number of piperidine rings is 1. The quantitative estimate of drug-likeness (QED) is 0.600. The van der Waals surface area contributed by atoms with E-state index >= 15 is 0 Å². The van der Waals surface area contributed by atoms with E-state index in [0.717, 1.165) is 59.5 Å². The van der Waals surface area contributed by atoms with Crippen LogP contribution in [0.15, 0.2) is 66.0 Å². The molecule has 0 unspecified atom stereocenters. The zero-order chi connectivity index (χ0) is 19.5. The van der Waals surface area contributed by atoms with Gasteiger partial charge in [-0.25, -0.2) is 4.68 Å². The fourth-order valence-corrected chi connectivity index (χ4v) is 4.10. The highest BCUT2D eigenvalue weighted by molar-refractivity contribution is 6.30. The topological polar surface area (TPSA) is 38.1 Å². The average molecular weight is 394 g/mol. The van der Waals surface area contributed by atoms with Gasteiger partial charge in [0.15, 0.2) is 0 Å². The molecule has 2 aromatic carbocycles. The van der Waals surface area contributed by atoms with Crippen LogP contribution in [0.3, 0.4) is 0 Å². The summed E-state index contributed by atoms with van der Waals surface area (Å²) in [5, 5.41) is 7.24. The van der Waals surface area contributed by atoms with Crippen molar-refractivity contribution in [1.82, 2.24) is 14.7 Å². The number of hydrogen-bond donors (Lipinski definition) is 0. The highest BCUT2D eigenvalue weighted by Crippen LogP contribution is 2.23. The normalized spacial score (nSPS) is 15.8. The van der Waals surface area contributed by atoms with Gasteiger partial charge in [-0.05, 0) is 36.6 Å². The Bertz CT molecular complexity index is 1030. The lowest BCUT2D eigenvalue weighted by Gasteiger charge is -2.31. The van der Waals surface area contributed by atoms with Gasteiger partial charge in [-0.1, -0.05) is 48.0 Å². The molecule has 0 aliphatic carbocycles. The minimum Gasteiger partial charge on any atom is -0.300 e. The summed E-state index contributed by atoms with van der Waals surface area (Å²) in [6, 6.07) is 15.8. The fraction of sp³-hybridized carbons (Fsp3) is 0.304. The number of benzene rings is 2. The molecule has 1 saturated heterocycles. The second-order valence-electron chi connectivity index (χ2n) is 7.37. The first kappa shape index (κ1) is 18.9. The molecule has 0 N–H and O–H groups in total. The molecule has 28 heavy (non-hydrogen) atoms. The minimum atomic E-state index is 0.0117. The molecule has 1 aromatic heterocycles. The van der Waals surface area contributed by atoms with Crippen LogP contribution in [-0.2, 0) is 6.42 Å². The van der Waals surface area contributed by atoms with Crippen LogP contribution in [0.5, 0.6) is 0 Å². The Hall–Kier alpha value is -2.43. The zero-order valence-corrected chi connectivity index (χ0v) is 16.6. The third-order valence-corrected chi connectivity index (χ3v) is 5.73. The Balaban J connectivity index is 1.71. The van der Waals surface area contributed by atoms with Crippen LogP contribution in [0.1, 0.15) is 30.1 Å². The van der Waals surface area contributed by atoms with Crippen molar-refractivity contribution < 1.29 is 0 Å². The van der Waals surface area contributed by atoms with Crippen molar-refractivity contribution >= 4 is 22.4 Å². The molecular formula is C23H24ClN3O. The van der Waals surface area contributed by atoms with E-state index in [4.69, 9.17) is 16.7 Å². The third kappa shape index (κ3) is 3.89. The molecule has 3 aromatic rings. The van der Waals surface area contributed by atoms with E-state index in [1.165, 1.54) is 0 Å². The van der Waals surface area contributed by atoms with Crippen molar-refractivity contribution in [2.24, 2.45) is 0 Å². The summed E-state index contributed by atoms with van der Waals surface area (Å²) in [5.41, 5.74) is 2.08. The number of fused-ring (bicyclic) bond motifs is 1. The van der Waals surface area contributed by atoms with Gasteiger partial charge in [-0.2, -0.15) is 5.10 Å². The Kier molecular flexibility index (Phi) is 5.60. The molecule has 4 rings (SSSR count). The SMILES string of the molecule is C=CCN1CCC(n2nc(Cc3ccc(Cl)cc3)c3ccccc3c2=O)CC1. The second kappa shape index (κ2) is 8.29. The van der Waals surface area contributed by atoms with Crippen molar-refractivity contribution in [2.45, 2.75) is 25.3 Å². The van der Waals surface area contributed by atoms with E-state index in [0.29, 0.717) is 6.42 Å². The van der Waals surface area contributed by atoms with Gasteiger partial charge in [0.2, 0.25) is 0 Å². The number of nitrogens with zero attached hydrogens (tertiary/aromatic N) is 3. The predicted octanol–water partition coefficient (Wildman–Crippen LogP) is 4.46. The molecule has 1 fully saturated rings. The third-order valence-electron chi connectivity index (χ3n) is 5.48. The van der Waals surface area contributed by atoms with E-state index < -0.39 is 0 Å². The smallest absolute Gasteiger partial charge is 0.274 e. The number of hydrogen-bond acceptors (Lipinski definition) is 3. The Labute approximate surface area is 170 Å². The van der Waals surface area contributed by atoms with Gasteiger partial charge in [0.1, 0.15) is 0 Å². The molecule has 0 radical (unpaired) electrons. The monoisotopic (exact) mass is 393 g/mol. The predicted molar refractivity (Wildman–Crippen MR) is 115 cm³/mol. The molecule has 5 heteroatoms. The van der Waals surface area contributed by atoms with Crippen LogP contribution in [0, 0.1) is 0 Å². The average Bonchev–Trinajstić information content (AvgIpc) is 2.73. The van der Waals surface area contributed by atoms with Crippen LogP contribution in [0.2, 0.25) is 5.02 Å². The van der Waals surface area contributed by atoms with E-state index in [1.807, 2.05) is 54.6 Å². The molecule has 1 aliphatic rings. The number of aromatic nitrogens is 2. The summed E-state index contributed by atoms with van der Waals surface area (Å²) >= 11 is 6.02. The highest BCUT2D eigenvalue weighted by atomic mass is 35.5. The van der Waals surface area contributed by atoms with E-state index in [1.54, 1.807) is 4.68 Å². The Morgan fingerprint density at radius 3 is 2.43 bits per heavy atom. The van der Waals surface area contributed by atoms with Gasteiger partial charge in [0.05, 0.1) is 17.1 Å². The van der Waals surface area contributed by atoms with Gasteiger partial charge in [-0.15, -0.1) is 6.58 Å². The van der Waals surface area contributed by atoms with Gasteiger partial charge in [0.25, 0.3) is 5.56 Å². The van der Waals surface area contributed by atoms with Gasteiger partial charge < -0.3 is 0 Å². The summed E-state index contributed by atoms with van der Waals surface area (Å²) in [5.74, 6) is 0. The molecule has 0 amide bonds. The lowest BCUT2D eigenvalue weighted by molar-refractivity contribution is 0.192. The largest absolute Gasteiger partial charge is 0.300 e. The maximum Gasteiger partial charge on any atom is 0.274 e. The Morgan fingerprint density at radius 2 is 1.75 bits per heavy atom. The molecule has 4 nitrogen and oxygen atoms in total. The molecule has 0 atom stereocenters. The molecule has 1 aliphatic heterocycles. The molecule has 2 heterocycles. The van der Waals surface area contributed by atoms with Crippen LogP contribution < -0.4 is 5.56 Å². The maximum atomic E-state index is 13.1. The van der Waals surface area contributed by atoms with Crippen LogP contribution in [-0.4, -0.2) is 34.3 Å². The summed E-state index contributed by atoms with van der Waals surface area (Å²) in [4.78, 5) is 15.5. The van der Waals surface area contributed by atoms with Crippen molar-refractivity contribution in [1.29, 1.82) is 0 Å². The van der Waals surface area contributed by atoms with Crippen molar-refractivity contribution in [3.05, 3.63) is 87.8 Å². The fourth-order valence-electron chi connectivity index (χ4n) is 3.98. The van der Waals surface area contributed by atoms with Crippen LogP contribution in [0.25, 0.3) is 10.8 Å². The zero-order valence-electron chi connectivity index (χ0n) is 15.9. The summed E-state index contributed by atoms with van der Waals surface area (Å²) in [6.45, 7) is 6.64. The Morgan fingerprint density at radius 1 is 1.07 bits per heavy atom. The molecule has 0 bridgehead atoms. The number of rotatable bonds is 5. The van der Waals surface area contributed by atoms with Gasteiger partial charge in [-0.3, -0.25) is 9.69 Å². The number of likely N-dealkylation sites (tertiary alicyclic amines) is 1. The first-order chi connectivity index (χ1) is 13.7. The van der Waals surface area contributed by atoms with Crippen LogP contribution >= 0.6 is 11.6 Å². The summed E-state index contributed by atoms with van der Waals surface area (Å²) in [7, 11) is 0. The molecule has 144 valence electrons. The maximum absolute atomic E-state index is 13.1. The summed E-state index contributed by atoms with van der Waals surface area (Å²) in [6.07, 6.45) is 4.47. The van der Waals surface area contributed by atoms with Crippen molar-refractivity contribution in [3.8, 4) is 0 Å². The van der Waals surface area contributed by atoms with Gasteiger partial charge in [0, 0.05) is 36.5 Å². The first-order valence-electron chi connectivity index (χ1n) is 9.74. The lowest BCUT2D eigenvalue weighted by Crippen LogP contribution is -2.38. The number of halogens is 1. The van der Waals surface area contributed by atoms with E-state index in [9.17, 15) is 4.79 Å². The first-order valence-corrected chi connectivity index (χ1v) is 10.1. The summed E-state index contributed by atoms with van der Waals surface area (Å²) < 4.78 is 1.73. The standard InChI is InChI=1S/C23H24ClN3O/c1-2-13-26-14-11-19(12-15-26)27-23(28)21-6-4-3-5-20(21)22(25-27)16-17-7-9-18(24)10-8-17/h2-10,19H,1,11-16H2.